The van der Waals surface area contributed by atoms with Crippen LogP contribution in [0.2, 0.25) is 0 Å². The molecule has 0 spiro atoms. The number of unbranched alkanes of at least 4 members (excludes halogenated alkanes) is 3. The molecule has 60 heavy (non-hydrogen) atoms. The van der Waals surface area contributed by atoms with Gasteiger partial charge in [0.25, 0.3) is 0 Å². The van der Waals surface area contributed by atoms with Gasteiger partial charge in [0, 0.05) is 31.3 Å². The minimum absolute atomic E-state index is 0.372. The molecule has 4 N–H and O–H groups in total. The van der Waals surface area contributed by atoms with Gasteiger partial charge in [0.05, 0.1) is 30.3 Å². The number of rotatable bonds is 19. The molecule has 1 aliphatic carbocycles. The number of aromatic nitrogens is 2. The van der Waals surface area contributed by atoms with Gasteiger partial charge < -0.3 is 20.9 Å². The zero-order chi connectivity index (χ0) is 45.2. The molecule has 1 atom stereocenters. The summed E-state index contributed by atoms with van der Waals surface area (Å²) >= 11 is 0. The van der Waals surface area contributed by atoms with Gasteiger partial charge in [-0.25, -0.2) is 4.98 Å². The molecule has 334 valence electrons. The average molecular weight is 822 g/mol. The maximum atomic E-state index is 4.74. The topological polar surface area (TPSA) is 85.6 Å². The first-order valence-electron chi connectivity index (χ1n) is 22.6. The van der Waals surface area contributed by atoms with Crippen LogP contribution in [-0.2, 0) is 13.0 Å². The second-order valence-corrected chi connectivity index (χ2v) is 16.6. The van der Waals surface area contributed by atoms with Crippen LogP contribution in [0.1, 0.15) is 148 Å². The molecule has 1 unspecified atom stereocenters. The largest absolute Gasteiger partial charge is 0.405 e. The Bertz CT molecular complexity index is 1630. The Kier molecular flexibility index (Phi) is 31.7. The van der Waals surface area contributed by atoms with Crippen molar-refractivity contribution >= 4 is 18.0 Å². The number of imidazole rings is 1. The average Bonchev–Trinajstić information content (AvgIpc) is 3.69. The summed E-state index contributed by atoms with van der Waals surface area (Å²) in [5.41, 5.74) is 13.5. The van der Waals surface area contributed by atoms with E-state index in [0.29, 0.717) is 11.3 Å². The molecule has 1 aromatic heterocycles. The first-order valence-corrected chi connectivity index (χ1v) is 22.6. The van der Waals surface area contributed by atoms with Crippen molar-refractivity contribution in [1.29, 1.82) is 0 Å². The van der Waals surface area contributed by atoms with E-state index in [1.165, 1.54) is 73.4 Å². The highest BCUT2D eigenvalue weighted by atomic mass is 15.1. The number of hydrogen-bond acceptors (Lipinski definition) is 6. The molecule has 1 heterocycles. The van der Waals surface area contributed by atoms with Gasteiger partial charge in [0.2, 0.25) is 0 Å². The third-order valence-corrected chi connectivity index (χ3v) is 9.30. The summed E-state index contributed by atoms with van der Waals surface area (Å²) in [5.74, 6) is 1.43. The number of nitrogens with two attached hydrogens (primary N) is 1. The van der Waals surface area contributed by atoms with Crippen molar-refractivity contribution in [1.82, 2.24) is 25.1 Å². The van der Waals surface area contributed by atoms with E-state index in [0.717, 1.165) is 68.3 Å². The quantitative estimate of drug-likeness (QED) is 0.0637. The van der Waals surface area contributed by atoms with E-state index in [1.807, 2.05) is 38.7 Å². The Balaban J connectivity index is 0.00000186. The second kappa shape index (κ2) is 34.3. The van der Waals surface area contributed by atoms with E-state index in [-0.39, 0.29) is 0 Å². The Morgan fingerprint density at radius 2 is 1.60 bits per heavy atom. The Morgan fingerprint density at radius 1 is 0.950 bits per heavy atom. The maximum Gasteiger partial charge on any atom is 0.120 e. The summed E-state index contributed by atoms with van der Waals surface area (Å²) < 4.78 is 0. The number of hydrogen-bond donors (Lipinski definition) is 3. The number of nitrogens with zero attached hydrogens (tertiary/aromatic N) is 4. The lowest BCUT2D eigenvalue weighted by atomic mass is 9.84. The van der Waals surface area contributed by atoms with Crippen molar-refractivity contribution in [2.24, 2.45) is 16.1 Å². The molecular weight excluding hydrogens is 735 g/mol. The van der Waals surface area contributed by atoms with Crippen molar-refractivity contribution in [3.05, 3.63) is 127 Å². The maximum absolute atomic E-state index is 4.74. The summed E-state index contributed by atoms with van der Waals surface area (Å²) in [6.45, 7) is 34.8. The molecule has 7 heteroatoms. The molecule has 0 fully saturated rings. The van der Waals surface area contributed by atoms with Gasteiger partial charge in [-0.3, -0.25) is 9.89 Å². The summed E-state index contributed by atoms with van der Waals surface area (Å²) in [7, 11) is 4.10. The van der Waals surface area contributed by atoms with Gasteiger partial charge in [-0.05, 0) is 106 Å². The van der Waals surface area contributed by atoms with Crippen molar-refractivity contribution in [2.75, 3.05) is 40.3 Å². The summed E-state index contributed by atoms with van der Waals surface area (Å²) in [6.07, 6.45) is 26.3. The minimum Gasteiger partial charge on any atom is -0.405 e. The van der Waals surface area contributed by atoms with Crippen molar-refractivity contribution in [3.8, 4) is 11.3 Å². The van der Waals surface area contributed by atoms with Crippen LogP contribution in [0.3, 0.4) is 0 Å². The highest BCUT2D eigenvalue weighted by Gasteiger charge is 2.17. The molecule has 7 nitrogen and oxygen atoms in total. The van der Waals surface area contributed by atoms with Gasteiger partial charge in [0.1, 0.15) is 5.82 Å². The van der Waals surface area contributed by atoms with E-state index in [1.54, 1.807) is 6.08 Å². The summed E-state index contributed by atoms with van der Waals surface area (Å²) in [6, 6.07) is 15.8. The predicted octanol–water partition coefficient (Wildman–Crippen LogP) is 13.5. The number of H-pyrrole nitrogens is 1. The minimum atomic E-state index is 0.372. The van der Waals surface area contributed by atoms with Gasteiger partial charge in [-0.2, -0.15) is 0 Å². The molecule has 3 aromatic rings. The molecular formula is C53H87N7. The van der Waals surface area contributed by atoms with E-state index in [9.17, 15) is 0 Å². The van der Waals surface area contributed by atoms with Gasteiger partial charge in [-0.1, -0.05) is 148 Å². The van der Waals surface area contributed by atoms with Crippen LogP contribution in [0.4, 0.5) is 0 Å². The van der Waals surface area contributed by atoms with Crippen molar-refractivity contribution in [2.45, 2.75) is 133 Å². The van der Waals surface area contributed by atoms with Gasteiger partial charge in [0.15, 0.2) is 0 Å². The fraction of sp³-hybridized carbons (Fsp3) is 0.509. The van der Waals surface area contributed by atoms with E-state index in [4.69, 9.17) is 4.98 Å². The highest BCUT2D eigenvalue weighted by molar-refractivity contribution is 5.69. The van der Waals surface area contributed by atoms with Gasteiger partial charge >= 0.3 is 0 Å². The SMILES string of the molecule is C=CC.C=CCC(C)(C)C.C=CN.CCC.CCCCCN(CCC)Cc1ncc(-c2ccc3c(c2)C=CC(c2ccc(/C(=C/N=CCN(C)CCCC)NC)cc2)C3)[nH]1. The molecule has 0 aliphatic heterocycles. The standard InChI is InChI=1S/C38H54N6.C7H14.C3H8.C3H6.C2H5N/c1-6-9-11-23-44(21-8-3)29-38-41-28-37(42-38)35-19-18-33-25-32(16-17-34(33)26-35)30-12-14-31(15-13-30)36(39-4)27-40-20-24-43(5)22-10-7-2;1-5-6-7(2,3)4;2*1-3-2;1-2-3/h12-20,26-28,32,39H,6-11,21-25,29H2,1-5H3,(H,41,42);5H,1,6H2,2-4H3;3H2,1-2H3;3H,1H2,2H3;2H,1,3H2/b36-27-,40-20?;;;;. The van der Waals surface area contributed by atoms with Crippen LogP contribution in [0, 0.1) is 5.41 Å². The van der Waals surface area contributed by atoms with Crippen LogP contribution >= 0.6 is 0 Å². The van der Waals surface area contributed by atoms with E-state index < -0.39 is 0 Å². The molecule has 0 saturated heterocycles. The lowest BCUT2D eigenvalue weighted by molar-refractivity contribution is 0.254. The van der Waals surface area contributed by atoms with Gasteiger partial charge in [-0.15, -0.1) is 13.2 Å². The highest BCUT2D eigenvalue weighted by Crippen LogP contribution is 2.33. The number of fused-ring (bicyclic) bond motifs is 1. The van der Waals surface area contributed by atoms with E-state index >= 15 is 0 Å². The van der Waals surface area contributed by atoms with Crippen molar-refractivity contribution < 1.29 is 0 Å². The zero-order valence-corrected chi connectivity index (χ0v) is 40.1. The third kappa shape index (κ3) is 24.6. The predicted molar refractivity (Wildman–Crippen MR) is 269 cm³/mol. The van der Waals surface area contributed by atoms with E-state index in [2.05, 4.69) is 168 Å². The first-order chi connectivity index (χ1) is 28.8. The Labute approximate surface area is 369 Å². The molecule has 1 aliphatic rings. The molecule has 0 saturated carbocycles. The lowest BCUT2D eigenvalue weighted by Crippen LogP contribution is -2.25. The lowest BCUT2D eigenvalue weighted by Gasteiger charge is -2.21. The summed E-state index contributed by atoms with van der Waals surface area (Å²) in [4.78, 5) is 17.7. The number of nitrogens with one attached hydrogen (secondary N) is 2. The smallest absolute Gasteiger partial charge is 0.120 e. The Morgan fingerprint density at radius 3 is 2.15 bits per heavy atom. The Hall–Kier alpha value is -4.46. The normalized spacial score (nSPS) is 13.1. The summed E-state index contributed by atoms with van der Waals surface area (Å²) in [5, 5.41) is 3.31. The van der Waals surface area contributed by atoms with Crippen LogP contribution in [0.5, 0.6) is 0 Å². The molecule has 4 rings (SSSR count). The second-order valence-electron chi connectivity index (χ2n) is 16.6. The van der Waals surface area contributed by atoms with Crippen LogP contribution < -0.4 is 11.1 Å². The number of aromatic amines is 1. The third-order valence-electron chi connectivity index (χ3n) is 9.30. The van der Waals surface area contributed by atoms with Crippen LogP contribution in [0.25, 0.3) is 23.0 Å². The fourth-order valence-electron chi connectivity index (χ4n) is 6.29. The van der Waals surface area contributed by atoms with Crippen LogP contribution in [-0.4, -0.2) is 66.3 Å². The molecule has 2 aromatic carbocycles. The molecule has 0 bridgehead atoms. The zero-order valence-electron chi connectivity index (χ0n) is 40.1. The van der Waals surface area contributed by atoms with Crippen molar-refractivity contribution in [3.63, 3.8) is 0 Å². The molecule has 0 amide bonds. The first kappa shape index (κ1) is 55.5. The monoisotopic (exact) mass is 822 g/mol. The molecule has 0 radical (unpaired) electrons. The number of benzene rings is 2. The number of allylic oxidation sites excluding steroid dienone is 3. The van der Waals surface area contributed by atoms with Crippen LogP contribution in [0.15, 0.2) is 104 Å². The number of aliphatic imine (C=N–C) groups is 1. The fourth-order valence-corrected chi connectivity index (χ4v) is 6.29.